The predicted octanol–water partition coefficient (Wildman–Crippen LogP) is 2.11. The van der Waals surface area contributed by atoms with Gasteiger partial charge in [0.15, 0.2) is 5.96 Å². The van der Waals surface area contributed by atoms with E-state index >= 15 is 0 Å². The predicted molar refractivity (Wildman–Crippen MR) is 129 cm³/mol. The molecule has 1 aliphatic heterocycles. The number of hydrogen-bond donors (Lipinski definition) is 2. The summed E-state index contributed by atoms with van der Waals surface area (Å²) in [4.78, 5) is 9.29. The van der Waals surface area contributed by atoms with E-state index in [1.807, 2.05) is 18.2 Å². The average molecular weight is 529 g/mol. The maximum Gasteiger partial charge on any atom is 0.240 e. The highest BCUT2D eigenvalue weighted by Gasteiger charge is 2.19. The minimum atomic E-state index is -3.40. The first kappa shape index (κ1) is 23.4. The van der Waals surface area contributed by atoms with Gasteiger partial charge < -0.3 is 15.1 Å². The summed E-state index contributed by atoms with van der Waals surface area (Å²) in [5, 5.41) is 3.37. The van der Waals surface area contributed by atoms with Crippen LogP contribution in [0.4, 0.5) is 5.69 Å². The van der Waals surface area contributed by atoms with Gasteiger partial charge in [0, 0.05) is 45.5 Å². The fourth-order valence-corrected chi connectivity index (χ4v) is 3.96. The van der Waals surface area contributed by atoms with Crippen LogP contribution in [-0.2, 0) is 16.6 Å². The van der Waals surface area contributed by atoms with Crippen LogP contribution in [0, 0.1) is 0 Å². The molecule has 1 aliphatic rings. The Balaban J connectivity index is 0.00000300. The minimum Gasteiger partial charge on any atom is -0.368 e. The summed E-state index contributed by atoms with van der Waals surface area (Å²) in [6, 6.07) is 17.3. The maximum atomic E-state index is 11.8. The second-order valence-corrected chi connectivity index (χ2v) is 8.45. The van der Waals surface area contributed by atoms with Gasteiger partial charge in [-0.3, -0.25) is 4.99 Å². The van der Waals surface area contributed by atoms with Crippen molar-refractivity contribution >= 4 is 45.6 Å². The molecule has 7 nitrogen and oxygen atoms in total. The molecule has 9 heteroatoms. The number of benzene rings is 2. The number of nitrogens with one attached hydrogen (secondary N) is 2. The second-order valence-electron chi connectivity index (χ2n) is 6.56. The Labute approximate surface area is 190 Å². The molecule has 0 saturated carbocycles. The second kappa shape index (κ2) is 10.8. The smallest absolute Gasteiger partial charge is 0.240 e. The van der Waals surface area contributed by atoms with Crippen molar-refractivity contribution in [3.05, 3.63) is 60.2 Å². The van der Waals surface area contributed by atoms with Crippen molar-refractivity contribution in [1.82, 2.24) is 14.9 Å². The summed E-state index contributed by atoms with van der Waals surface area (Å²) in [5.74, 6) is 0.861. The molecule has 0 aromatic heterocycles. The zero-order valence-electron chi connectivity index (χ0n) is 16.7. The molecular weight excluding hydrogens is 501 g/mol. The van der Waals surface area contributed by atoms with Crippen LogP contribution in [0.25, 0.3) is 0 Å². The first-order valence-electron chi connectivity index (χ1n) is 9.31. The molecule has 0 unspecified atom stereocenters. The fraction of sp³-hybridized carbons (Fsp3) is 0.350. The molecule has 1 fully saturated rings. The van der Waals surface area contributed by atoms with E-state index < -0.39 is 10.0 Å². The highest BCUT2D eigenvalue weighted by Crippen LogP contribution is 2.16. The van der Waals surface area contributed by atoms with E-state index in [-0.39, 0.29) is 28.9 Å². The number of rotatable bonds is 5. The largest absolute Gasteiger partial charge is 0.368 e. The Morgan fingerprint density at radius 1 is 1.00 bits per heavy atom. The molecule has 1 heterocycles. The summed E-state index contributed by atoms with van der Waals surface area (Å²) in [6.45, 7) is 4.27. The van der Waals surface area contributed by atoms with Crippen molar-refractivity contribution in [2.24, 2.45) is 4.99 Å². The van der Waals surface area contributed by atoms with Crippen molar-refractivity contribution in [2.75, 3.05) is 45.2 Å². The lowest BCUT2D eigenvalue weighted by molar-refractivity contribution is 0.372. The third-order valence-corrected chi connectivity index (χ3v) is 6.30. The van der Waals surface area contributed by atoms with Crippen molar-refractivity contribution in [3.8, 4) is 0 Å². The number of anilines is 1. The maximum absolute atomic E-state index is 11.8. The summed E-state index contributed by atoms with van der Waals surface area (Å²) < 4.78 is 25.9. The summed E-state index contributed by atoms with van der Waals surface area (Å²) in [6.07, 6.45) is 0. The zero-order valence-corrected chi connectivity index (χ0v) is 19.9. The van der Waals surface area contributed by atoms with Crippen LogP contribution in [0.15, 0.2) is 64.5 Å². The lowest BCUT2D eigenvalue weighted by Crippen LogP contribution is -2.52. The molecule has 3 rings (SSSR count). The Morgan fingerprint density at radius 3 is 2.17 bits per heavy atom. The minimum absolute atomic E-state index is 0. The van der Waals surface area contributed by atoms with E-state index in [1.165, 1.54) is 12.7 Å². The Morgan fingerprint density at radius 2 is 1.62 bits per heavy atom. The third kappa shape index (κ3) is 6.06. The van der Waals surface area contributed by atoms with Gasteiger partial charge in [0.2, 0.25) is 10.0 Å². The van der Waals surface area contributed by atoms with E-state index in [0.717, 1.165) is 37.7 Å². The summed E-state index contributed by atoms with van der Waals surface area (Å²) >= 11 is 0. The molecule has 1 saturated heterocycles. The molecule has 0 bridgehead atoms. The van der Waals surface area contributed by atoms with Crippen LogP contribution in [0.1, 0.15) is 5.56 Å². The molecule has 2 aromatic carbocycles. The molecule has 0 amide bonds. The number of hydrogen-bond acceptors (Lipinski definition) is 4. The molecular formula is C20H28IN5O2S. The Hall–Kier alpha value is -1.85. The highest BCUT2D eigenvalue weighted by molar-refractivity contribution is 14.0. The van der Waals surface area contributed by atoms with E-state index in [1.54, 1.807) is 19.2 Å². The van der Waals surface area contributed by atoms with Crippen molar-refractivity contribution in [2.45, 2.75) is 11.4 Å². The molecule has 0 spiro atoms. The van der Waals surface area contributed by atoms with E-state index in [2.05, 4.69) is 49.1 Å². The van der Waals surface area contributed by atoms with Gasteiger partial charge in [0.1, 0.15) is 0 Å². The van der Waals surface area contributed by atoms with Crippen LogP contribution in [0.3, 0.4) is 0 Å². The lowest BCUT2D eigenvalue weighted by atomic mass is 10.2. The Bertz CT molecular complexity index is 896. The van der Waals surface area contributed by atoms with Crippen molar-refractivity contribution in [3.63, 3.8) is 0 Å². The number of nitrogens with zero attached hydrogens (tertiary/aromatic N) is 3. The number of sulfonamides is 1. The van der Waals surface area contributed by atoms with Crippen LogP contribution in [0.5, 0.6) is 0 Å². The van der Waals surface area contributed by atoms with Crippen molar-refractivity contribution < 1.29 is 8.42 Å². The van der Waals surface area contributed by atoms with Crippen molar-refractivity contribution in [1.29, 1.82) is 0 Å². The number of guanidine groups is 1. The highest BCUT2D eigenvalue weighted by atomic mass is 127. The van der Waals surface area contributed by atoms with Gasteiger partial charge in [-0.25, -0.2) is 13.1 Å². The number of halogens is 1. The molecule has 2 N–H and O–H groups in total. The molecule has 0 aliphatic carbocycles. The van der Waals surface area contributed by atoms with Gasteiger partial charge in [-0.2, -0.15) is 0 Å². The van der Waals surface area contributed by atoms with E-state index in [4.69, 9.17) is 0 Å². The van der Waals surface area contributed by atoms with E-state index in [0.29, 0.717) is 6.54 Å². The van der Waals surface area contributed by atoms with Gasteiger partial charge >= 0.3 is 0 Å². The quantitative estimate of drug-likeness (QED) is 0.353. The standard InChI is InChI=1S/C20H27N5O2S.HI/c1-21-20(23-16-17-8-10-19(11-9-17)28(26,27)22-2)25-14-12-24(13-15-25)18-6-4-3-5-7-18;/h3-11,22H,12-16H2,1-2H3,(H,21,23);1H. The van der Waals surface area contributed by atoms with Gasteiger partial charge in [0.25, 0.3) is 0 Å². The van der Waals surface area contributed by atoms with E-state index in [9.17, 15) is 8.42 Å². The van der Waals surface area contributed by atoms with Gasteiger partial charge in [-0.05, 0) is 36.9 Å². The van der Waals surface area contributed by atoms with Gasteiger partial charge in [-0.15, -0.1) is 24.0 Å². The van der Waals surface area contributed by atoms with Crippen LogP contribution in [0.2, 0.25) is 0 Å². The first-order valence-corrected chi connectivity index (χ1v) is 10.8. The number of piperazine rings is 1. The zero-order chi connectivity index (χ0) is 20.0. The third-order valence-electron chi connectivity index (χ3n) is 4.87. The normalized spacial score (nSPS) is 15.0. The summed E-state index contributed by atoms with van der Waals surface area (Å²) in [7, 11) is -0.208. The SMILES string of the molecule is CN=C(NCc1ccc(S(=O)(=O)NC)cc1)N1CCN(c2ccccc2)CC1.I. The summed E-state index contributed by atoms with van der Waals surface area (Å²) in [5.41, 5.74) is 2.25. The molecule has 158 valence electrons. The van der Waals surface area contributed by atoms with Gasteiger partial charge in [0.05, 0.1) is 4.90 Å². The number of para-hydroxylation sites is 1. The lowest BCUT2D eigenvalue weighted by Gasteiger charge is -2.37. The first-order chi connectivity index (χ1) is 13.5. The molecule has 29 heavy (non-hydrogen) atoms. The monoisotopic (exact) mass is 529 g/mol. The van der Waals surface area contributed by atoms with Crippen LogP contribution >= 0.6 is 24.0 Å². The molecule has 2 aromatic rings. The Kier molecular flexibility index (Phi) is 8.72. The molecule has 0 atom stereocenters. The van der Waals surface area contributed by atoms with Crippen LogP contribution < -0.4 is 14.9 Å². The van der Waals surface area contributed by atoms with Crippen LogP contribution in [-0.4, -0.2) is 59.6 Å². The molecule has 0 radical (unpaired) electrons. The number of aliphatic imine (C=N–C) groups is 1. The van der Waals surface area contributed by atoms with Gasteiger partial charge in [-0.1, -0.05) is 30.3 Å². The topological polar surface area (TPSA) is 77.0 Å². The fourth-order valence-electron chi connectivity index (χ4n) is 3.23. The average Bonchev–Trinajstić information content (AvgIpc) is 2.75.